The SMILES string of the molecule is NC1=C(Br)C=[C+]C=C1. The van der Waals surface area contributed by atoms with Gasteiger partial charge in [0.15, 0.2) is 10.2 Å². The lowest BCUT2D eigenvalue weighted by atomic mass is 10.3. The summed E-state index contributed by atoms with van der Waals surface area (Å²) >= 11 is 3.24. The summed E-state index contributed by atoms with van der Waals surface area (Å²) in [6.45, 7) is 0. The van der Waals surface area contributed by atoms with Gasteiger partial charge in [-0.15, -0.1) is 0 Å². The van der Waals surface area contributed by atoms with Crippen LogP contribution in [0.1, 0.15) is 0 Å². The Bertz CT molecular complexity index is 157. The monoisotopic (exact) mass is 170 g/mol. The molecular weight excluding hydrogens is 166 g/mol. The smallest absolute Gasteiger partial charge is 0.160 e. The van der Waals surface area contributed by atoms with Crippen molar-refractivity contribution in [2.75, 3.05) is 0 Å². The lowest BCUT2D eigenvalue weighted by Crippen LogP contribution is -1.95. The second-order valence-electron chi connectivity index (χ2n) is 1.45. The van der Waals surface area contributed by atoms with Gasteiger partial charge >= 0.3 is 0 Å². The zero-order valence-corrected chi connectivity index (χ0v) is 5.77. The van der Waals surface area contributed by atoms with Crippen LogP contribution < -0.4 is 5.73 Å². The van der Waals surface area contributed by atoms with Crippen LogP contribution in [0.4, 0.5) is 0 Å². The van der Waals surface area contributed by atoms with E-state index in [1.54, 1.807) is 18.2 Å². The molecule has 0 saturated carbocycles. The van der Waals surface area contributed by atoms with Gasteiger partial charge in [0, 0.05) is 22.0 Å². The minimum absolute atomic E-state index is 0.753. The second kappa shape index (κ2) is 2.12. The average molecular weight is 171 g/mol. The van der Waals surface area contributed by atoms with Crippen molar-refractivity contribution in [3.05, 3.63) is 34.5 Å². The topological polar surface area (TPSA) is 26.0 Å². The Balaban J connectivity index is 2.97. The molecule has 0 fully saturated rings. The van der Waals surface area contributed by atoms with Crippen molar-refractivity contribution in [3.63, 3.8) is 0 Å². The van der Waals surface area contributed by atoms with Crippen LogP contribution in [0.25, 0.3) is 0 Å². The Kier molecular flexibility index (Phi) is 1.47. The molecule has 0 amide bonds. The highest BCUT2D eigenvalue weighted by Gasteiger charge is 2.04. The van der Waals surface area contributed by atoms with E-state index in [-0.39, 0.29) is 0 Å². The van der Waals surface area contributed by atoms with Crippen molar-refractivity contribution in [2.45, 2.75) is 0 Å². The molecule has 0 spiro atoms. The molecule has 1 aliphatic carbocycles. The first-order chi connectivity index (χ1) is 3.80. The van der Waals surface area contributed by atoms with Gasteiger partial charge in [0.25, 0.3) is 0 Å². The Morgan fingerprint density at radius 1 is 1.62 bits per heavy atom. The first kappa shape index (κ1) is 5.54. The Morgan fingerprint density at radius 2 is 2.38 bits per heavy atom. The van der Waals surface area contributed by atoms with Crippen LogP contribution in [0.3, 0.4) is 0 Å². The molecule has 0 unspecified atom stereocenters. The van der Waals surface area contributed by atoms with Crippen LogP contribution in [0.2, 0.25) is 0 Å². The van der Waals surface area contributed by atoms with Crippen molar-refractivity contribution >= 4 is 15.9 Å². The van der Waals surface area contributed by atoms with Crippen molar-refractivity contribution in [1.82, 2.24) is 0 Å². The van der Waals surface area contributed by atoms with E-state index in [2.05, 4.69) is 22.0 Å². The van der Waals surface area contributed by atoms with Crippen LogP contribution in [-0.2, 0) is 0 Å². The highest BCUT2D eigenvalue weighted by Crippen LogP contribution is 2.13. The van der Waals surface area contributed by atoms with Gasteiger partial charge in [-0.05, 0) is 0 Å². The molecule has 0 bridgehead atoms. The summed E-state index contributed by atoms with van der Waals surface area (Å²) in [7, 11) is 0. The Labute approximate surface area is 56.7 Å². The van der Waals surface area contributed by atoms with Crippen LogP contribution in [-0.4, -0.2) is 0 Å². The zero-order chi connectivity index (χ0) is 5.98. The summed E-state index contributed by atoms with van der Waals surface area (Å²) in [4.78, 5) is 0. The molecule has 0 radical (unpaired) electrons. The van der Waals surface area contributed by atoms with E-state index in [1.165, 1.54) is 0 Å². The molecule has 1 nitrogen and oxygen atoms in total. The average Bonchev–Trinajstić information content (AvgIpc) is 1.77. The third-order valence-electron chi connectivity index (χ3n) is 0.845. The molecule has 0 aromatic carbocycles. The molecule has 1 rings (SSSR count). The number of hydrogen-bond acceptors (Lipinski definition) is 1. The summed E-state index contributed by atoms with van der Waals surface area (Å²) in [5.74, 6) is 0. The molecule has 0 aromatic heterocycles. The fraction of sp³-hybridized carbons (Fsp3) is 0. The quantitative estimate of drug-likeness (QED) is 0.549. The standard InChI is InChI=1S/C6H5BrN/c7-5-3-1-2-4-6(5)8/h2-4H,8H2/q+1. The van der Waals surface area contributed by atoms with Gasteiger partial charge in [0.05, 0.1) is 6.08 Å². The van der Waals surface area contributed by atoms with Gasteiger partial charge in [-0.1, -0.05) is 0 Å². The number of nitrogens with two attached hydrogens (primary N) is 1. The van der Waals surface area contributed by atoms with Gasteiger partial charge in [0.1, 0.15) is 12.2 Å². The Hall–Kier alpha value is -0.590. The molecule has 0 aliphatic heterocycles. The van der Waals surface area contributed by atoms with Gasteiger partial charge in [0.2, 0.25) is 0 Å². The van der Waals surface area contributed by atoms with Crippen LogP contribution in [0.5, 0.6) is 0 Å². The molecule has 8 heavy (non-hydrogen) atoms. The molecule has 40 valence electrons. The molecule has 0 saturated heterocycles. The fourth-order valence-electron chi connectivity index (χ4n) is 0.422. The zero-order valence-electron chi connectivity index (χ0n) is 4.19. The number of allylic oxidation sites excluding steroid dienone is 5. The van der Waals surface area contributed by atoms with Crippen molar-refractivity contribution in [3.8, 4) is 0 Å². The van der Waals surface area contributed by atoms with Crippen molar-refractivity contribution in [1.29, 1.82) is 0 Å². The molecule has 0 atom stereocenters. The van der Waals surface area contributed by atoms with E-state index in [0.29, 0.717) is 0 Å². The summed E-state index contributed by atoms with van der Waals surface area (Å²) < 4.78 is 0.903. The van der Waals surface area contributed by atoms with Gasteiger partial charge in [-0.2, -0.15) is 0 Å². The lowest BCUT2D eigenvalue weighted by Gasteiger charge is -1.86. The molecule has 2 N–H and O–H groups in total. The highest BCUT2D eigenvalue weighted by molar-refractivity contribution is 9.11. The molecule has 0 heterocycles. The van der Waals surface area contributed by atoms with E-state index in [4.69, 9.17) is 5.73 Å². The molecule has 1 aliphatic rings. The number of halogens is 1. The lowest BCUT2D eigenvalue weighted by molar-refractivity contribution is 1.39. The normalized spacial score (nSPS) is 16.6. The van der Waals surface area contributed by atoms with Gasteiger partial charge in [-0.25, -0.2) is 0 Å². The molecule has 2 heteroatoms. The van der Waals surface area contributed by atoms with Crippen LogP contribution >= 0.6 is 15.9 Å². The summed E-state index contributed by atoms with van der Waals surface area (Å²) in [6, 6.07) is 0. The number of rotatable bonds is 0. The minimum Gasteiger partial charge on any atom is -0.376 e. The molecule has 0 aromatic rings. The number of hydrogen-bond donors (Lipinski definition) is 1. The van der Waals surface area contributed by atoms with Crippen LogP contribution in [0, 0.1) is 6.08 Å². The Morgan fingerprint density at radius 3 is 2.75 bits per heavy atom. The van der Waals surface area contributed by atoms with E-state index in [9.17, 15) is 0 Å². The van der Waals surface area contributed by atoms with E-state index < -0.39 is 0 Å². The maximum Gasteiger partial charge on any atom is 0.160 e. The van der Waals surface area contributed by atoms with Crippen molar-refractivity contribution < 1.29 is 0 Å². The largest absolute Gasteiger partial charge is 0.376 e. The van der Waals surface area contributed by atoms with E-state index in [0.717, 1.165) is 10.2 Å². The van der Waals surface area contributed by atoms with Gasteiger partial charge in [-0.3, -0.25) is 0 Å². The summed E-state index contributed by atoms with van der Waals surface area (Å²) in [5.41, 5.74) is 6.21. The summed E-state index contributed by atoms with van der Waals surface area (Å²) in [6.07, 6.45) is 8.24. The first-order valence-corrected chi connectivity index (χ1v) is 3.01. The van der Waals surface area contributed by atoms with Crippen LogP contribution in [0.15, 0.2) is 28.4 Å². The van der Waals surface area contributed by atoms with Gasteiger partial charge < -0.3 is 5.73 Å². The maximum atomic E-state index is 5.45. The van der Waals surface area contributed by atoms with Crippen molar-refractivity contribution in [2.24, 2.45) is 5.73 Å². The summed E-state index contributed by atoms with van der Waals surface area (Å²) in [5, 5.41) is 0. The molecular formula is C6H5BrN+. The minimum atomic E-state index is 0.753. The predicted octanol–water partition coefficient (Wildman–Crippen LogP) is 1.48. The highest BCUT2D eigenvalue weighted by atomic mass is 79.9. The second-order valence-corrected chi connectivity index (χ2v) is 2.30. The predicted molar refractivity (Wildman–Crippen MR) is 37.1 cm³/mol. The third kappa shape index (κ3) is 0.971. The van der Waals surface area contributed by atoms with E-state index >= 15 is 0 Å². The first-order valence-electron chi connectivity index (χ1n) is 2.22. The van der Waals surface area contributed by atoms with E-state index in [1.807, 2.05) is 0 Å². The maximum absolute atomic E-state index is 5.45. The third-order valence-corrected chi connectivity index (χ3v) is 1.53. The fourth-order valence-corrected chi connectivity index (χ4v) is 0.686.